The summed E-state index contributed by atoms with van der Waals surface area (Å²) in [5.74, 6) is 0. The number of aliphatic imine (C=N–C) groups is 1. The maximum absolute atomic E-state index is 10.1. The van der Waals surface area contributed by atoms with Crippen molar-refractivity contribution < 1.29 is 4.79 Å². The van der Waals surface area contributed by atoms with Gasteiger partial charge in [-0.3, -0.25) is 0 Å². The minimum atomic E-state index is 0.818. The molecule has 0 radical (unpaired) electrons. The van der Waals surface area contributed by atoms with Crippen LogP contribution in [0.1, 0.15) is 19.3 Å². The number of hydrogen-bond donors (Lipinski definition) is 0. The molecule has 0 saturated carbocycles. The van der Waals surface area contributed by atoms with Gasteiger partial charge in [-0.2, -0.15) is 4.99 Å². The summed E-state index contributed by atoms with van der Waals surface area (Å²) < 4.78 is 0. The Balaban J connectivity index is 2.41. The molecular weight excluding hydrogens is 150 g/mol. The smallest absolute Gasteiger partial charge is 0.211 e. The third-order valence-electron chi connectivity index (χ3n) is 2.43. The first-order chi connectivity index (χ1) is 5.83. The van der Waals surface area contributed by atoms with Crippen molar-refractivity contribution in [3.05, 3.63) is 35.1 Å². The van der Waals surface area contributed by atoms with E-state index in [-0.39, 0.29) is 0 Å². The number of rotatable bonds is 1. The van der Waals surface area contributed by atoms with Gasteiger partial charge in [0.1, 0.15) is 0 Å². The van der Waals surface area contributed by atoms with Crippen LogP contribution in [0.4, 0.5) is 0 Å². The Hall–Kier alpha value is -1.40. The van der Waals surface area contributed by atoms with E-state index in [1.54, 1.807) is 6.08 Å². The van der Waals surface area contributed by atoms with Gasteiger partial charge < -0.3 is 0 Å². The van der Waals surface area contributed by atoms with Crippen molar-refractivity contribution in [2.75, 3.05) is 0 Å². The van der Waals surface area contributed by atoms with Gasteiger partial charge in [0.15, 0.2) is 0 Å². The molecule has 2 heteroatoms. The zero-order chi connectivity index (χ0) is 8.55. The fraction of sp³-hybridized carbons (Fsp3) is 0.300. The van der Waals surface area contributed by atoms with Crippen LogP contribution in [-0.4, -0.2) is 6.08 Å². The summed E-state index contributed by atoms with van der Waals surface area (Å²) in [7, 11) is 0. The van der Waals surface area contributed by atoms with Gasteiger partial charge in [-0.15, -0.1) is 0 Å². The lowest BCUT2D eigenvalue weighted by Crippen LogP contribution is -2.11. The second-order valence-corrected chi connectivity index (χ2v) is 3.06. The topological polar surface area (TPSA) is 29.4 Å². The first-order valence-electron chi connectivity index (χ1n) is 4.01. The maximum atomic E-state index is 10.1. The van der Waals surface area contributed by atoms with Gasteiger partial charge >= 0.3 is 0 Å². The van der Waals surface area contributed by atoms with Crippen LogP contribution in [0.5, 0.6) is 0 Å². The summed E-state index contributed by atoms with van der Waals surface area (Å²) in [5, 5.41) is 0. The van der Waals surface area contributed by atoms with E-state index in [9.17, 15) is 4.79 Å². The number of carbonyl (C=O) groups excluding carboxylic acids is 1. The van der Waals surface area contributed by atoms with Crippen LogP contribution in [0, 0.1) is 0 Å². The van der Waals surface area contributed by atoms with Crippen LogP contribution < -0.4 is 0 Å². The van der Waals surface area contributed by atoms with E-state index in [4.69, 9.17) is 0 Å². The third-order valence-corrected chi connectivity index (χ3v) is 2.43. The average molecular weight is 159 g/mol. The third kappa shape index (κ3) is 0.892. The minimum Gasteiger partial charge on any atom is -0.211 e. The lowest BCUT2D eigenvalue weighted by molar-refractivity contribution is 0.564. The molecule has 0 amide bonds. The zero-order valence-electron chi connectivity index (χ0n) is 6.76. The predicted octanol–water partition coefficient (Wildman–Crippen LogP) is 2.26. The van der Waals surface area contributed by atoms with Gasteiger partial charge in [0, 0.05) is 0 Å². The standard InChI is InChI=1S/C10H9NO/c1-7-2-5-10(11-6-12)9-4-3-8(7)9/h5H,1-4H2. The summed E-state index contributed by atoms with van der Waals surface area (Å²) in [4.78, 5) is 13.7. The van der Waals surface area contributed by atoms with E-state index < -0.39 is 0 Å². The van der Waals surface area contributed by atoms with E-state index >= 15 is 0 Å². The number of hydrogen-bond acceptors (Lipinski definition) is 2. The molecule has 0 aliphatic heterocycles. The molecule has 0 heterocycles. The fourth-order valence-corrected chi connectivity index (χ4v) is 1.68. The van der Waals surface area contributed by atoms with E-state index in [2.05, 4.69) is 11.6 Å². The van der Waals surface area contributed by atoms with Crippen LogP contribution in [0.3, 0.4) is 0 Å². The highest BCUT2D eigenvalue weighted by atomic mass is 16.1. The Morgan fingerprint density at radius 3 is 2.75 bits per heavy atom. The first-order valence-corrected chi connectivity index (χ1v) is 4.01. The molecule has 0 aromatic heterocycles. The van der Waals surface area contributed by atoms with Crippen molar-refractivity contribution in [3.63, 3.8) is 0 Å². The summed E-state index contributed by atoms with van der Waals surface area (Å²) in [6.07, 6.45) is 6.49. The first kappa shape index (κ1) is 7.26. The highest BCUT2D eigenvalue weighted by Crippen LogP contribution is 2.42. The monoisotopic (exact) mass is 159 g/mol. The van der Waals surface area contributed by atoms with E-state index in [1.807, 2.05) is 6.08 Å². The van der Waals surface area contributed by atoms with E-state index in [1.165, 1.54) is 16.7 Å². The molecule has 0 fully saturated rings. The van der Waals surface area contributed by atoms with Crippen LogP contribution in [0.15, 0.2) is 40.1 Å². The number of allylic oxidation sites excluding steroid dienone is 4. The summed E-state index contributed by atoms with van der Waals surface area (Å²) in [5.41, 5.74) is 4.51. The molecular formula is C10H9NO. The second-order valence-electron chi connectivity index (χ2n) is 3.06. The van der Waals surface area contributed by atoms with Gasteiger partial charge in [0.25, 0.3) is 0 Å². The lowest BCUT2D eigenvalue weighted by atomic mass is 9.78. The molecule has 2 aliphatic carbocycles. The van der Waals surface area contributed by atoms with E-state index in [0.29, 0.717) is 0 Å². The quantitative estimate of drug-likeness (QED) is 0.426. The Labute approximate surface area is 71.0 Å². The summed E-state index contributed by atoms with van der Waals surface area (Å²) in [6, 6.07) is 0. The highest BCUT2D eigenvalue weighted by Gasteiger charge is 2.25. The minimum absolute atomic E-state index is 0.818. The van der Waals surface area contributed by atoms with Crippen molar-refractivity contribution in [1.29, 1.82) is 0 Å². The molecule has 2 rings (SSSR count). The normalized spacial score (nSPS) is 20.7. The van der Waals surface area contributed by atoms with Gasteiger partial charge in [0.2, 0.25) is 6.08 Å². The molecule has 2 aliphatic rings. The van der Waals surface area contributed by atoms with Gasteiger partial charge in [-0.1, -0.05) is 12.7 Å². The van der Waals surface area contributed by atoms with Crippen molar-refractivity contribution in [2.45, 2.75) is 19.3 Å². The molecule has 60 valence electrons. The van der Waals surface area contributed by atoms with Gasteiger partial charge in [-0.05, 0) is 36.0 Å². The van der Waals surface area contributed by atoms with Gasteiger partial charge in [-0.25, -0.2) is 4.79 Å². The predicted molar refractivity (Wildman–Crippen MR) is 46.2 cm³/mol. The maximum Gasteiger partial charge on any atom is 0.240 e. The molecule has 0 saturated heterocycles. The van der Waals surface area contributed by atoms with Crippen LogP contribution in [0.2, 0.25) is 0 Å². The summed E-state index contributed by atoms with van der Waals surface area (Å²) in [6.45, 7) is 3.95. The molecule has 2 nitrogen and oxygen atoms in total. The molecule has 12 heavy (non-hydrogen) atoms. The van der Waals surface area contributed by atoms with Crippen molar-refractivity contribution in [1.82, 2.24) is 0 Å². The molecule has 0 bridgehead atoms. The molecule has 0 aromatic rings. The molecule has 0 unspecified atom stereocenters. The lowest BCUT2D eigenvalue weighted by Gasteiger charge is -2.28. The molecule has 0 atom stereocenters. The van der Waals surface area contributed by atoms with Crippen LogP contribution in [0.25, 0.3) is 0 Å². The van der Waals surface area contributed by atoms with Crippen LogP contribution >= 0.6 is 0 Å². The van der Waals surface area contributed by atoms with E-state index in [0.717, 1.165) is 25.0 Å². The Morgan fingerprint density at radius 1 is 1.42 bits per heavy atom. The Morgan fingerprint density at radius 2 is 2.17 bits per heavy atom. The van der Waals surface area contributed by atoms with Crippen LogP contribution in [-0.2, 0) is 4.79 Å². The highest BCUT2D eigenvalue weighted by molar-refractivity contribution is 5.56. The van der Waals surface area contributed by atoms with Gasteiger partial charge in [0.05, 0.1) is 5.70 Å². The fourth-order valence-electron chi connectivity index (χ4n) is 1.68. The number of nitrogens with zero attached hydrogens (tertiary/aromatic N) is 1. The van der Waals surface area contributed by atoms with Crippen molar-refractivity contribution >= 4 is 6.08 Å². The number of isocyanates is 1. The largest absolute Gasteiger partial charge is 0.240 e. The second kappa shape index (κ2) is 2.58. The SMILES string of the molecule is C=C1CC=C(N=C=O)C2=C1CC2. The van der Waals surface area contributed by atoms with Crippen molar-refractivity contribution in [3.8, 4) is 0 Å². The molecule has 0 aromatic carbocycles. The molecule has 0 N–H and O–H groups in total. The Kier molecular flexibility index (Phi) is 1.56. The Bertz CT molecular complexity index is 354. The summed E-state index contributed by atoms with van der Waals surface area (Å²) >= 11 is 0. The van der Waals surface area contributed by atoms with Crippen molar-refractivity contribution in [2.24, 2.45) is 4.99 Å². The zero-order valence-corrected chi connectivity index (χ0v) is 6.76. The molecule has 0 spiro atoms. The average Bonchev–Trinajstić information content (AvgIpc) is 1.96.